The van der Waals surface area contributed by atoms with Crippen molar-refractivity contribution in [2.24, 2.45) is 0 Å². The number of furan rings is 2. The van der Waals surface area contributed by atoms with Gasteiger partial charge in [0.15, 0.2) is 0 Å². The van der Waals surface area contributed by atoms with E-state index in [1.807, 2.05) is 24.3 Å². The first kappa shape index (κ1) is 30.6. The van der Waals surface area contributed by atoms with Gasteiger partial charge in [-0.3, -0.25) is 0 Å². The maximum Gasteiger partial charge on any atom is 0.136 e. The fourth-order valence-corrected chi connectivity index (χ4v) is 9.31. The molecule has 0 unspecified atom stereocenters. The van der Waals surface area contributed by atoms with E-state index in [0.29, 0.717) is 0 Å². The van der Waals surface area contributed by atoms with Crippen LogP contribution in [0.3, 0.4) is 0 Å². The number of fused-ring (bicyclic) bond motifs is 6. The first-order chi connectivity index (χ1) is 27.0. The van der Waals surface area contributed by atoms with Crippen molar-refractivity contribution in [3.05, 3.63) is 181 Å². The number of para-hydroxylation sites is 2. The molecule has 0 N–H and O–H groups in total. The molecule has 0 bridgehead atoms. The van der Waals surface area contributed by atoms with Crippen LogP contribution in [0.1, 0.15) is 25.0 Å². The zero-order chi connectivity index (χ0) is 36.4. The second-order valence-electron chi connectivity index (χ2n) is 15.7. The standard InChI is InChI=1S/C53H34O2/c1-53(2)45-27-39(33-15-11-31(12-16-33)35-21-23-43-41-7-3-5-9-47(41)54-49(43)29-35)25-37-19-20-38-26-40(28-46(53)52(38)51(37)45)34-17-13-32(14-18-34)36-22-24-44-42-8-4-6-10-48(42)55-50(44)30-36/h3-30H,1-2H3. The van der Waals surface area contributed by atoms with E-state index in [4.69, 9.17) is 8.83 Å². The van der Waals surface area contributed by atoms with Gasteiger partial charge in [0.25, 0.3) is 0 Å². The van der Waals surface area contributed by atoms with Gasteiger partial charge in [-0.25, -0.2) is 0 Å². The highest BCUT2D eigenvalue weighted by atomic mass is 16.3. The lowest BCUT2D eigenvalue weighted by Gasteiger charge is -2.23. The van der Waals surface area contributed by atoms with Gasteiger partial charge in [-0.05, 0) is 138 Å². The summed E-state index contributed by atoms with van der Waals surface area (Å²) in [6.07, 6.45) is 0. The predicted molar refractivity (Wildman–Crippen MR) is 230 cm³/mol. The van der Waals surface area contributed by atoms with E-state index >= 15 is 0 Å². The van der Waals surface area contributed by atoms with Crippen molar-refractivity contribution in [2.75, 3.05) is 0 Å². The summed E-state index contributed by atoms with van der Waals surface area (Å²) in [6.45, 7) is 4.78. The van der Waals surface area contributed by atoms with Crippen LogP contribution in [0.5, 0.6) is 0 Å². The van der Waals surface area contributed by atoms with Crippen LogP contribution in [0.2, 0.25) is 0 Å². The molecule has 2 nitrogen and oxygen atoms in total. The lowest BCUT2D eigenvalue weighted by atomic mass is 9.80. The van der Waals surface area contributed by atoms with E-state index in [9.17, 15) is 0 Å². The quantitative estimate of drug-likeness (QED) is 0.171. The summed E-state index contributed by atoms with van der Waals surface area (Å²) in [6, 6.07) is 61.8. The van der Waals surface area contributed by atoms with Gasteiger partial charge in [0.1, 0.15) is 22.3 Å². The van der Waals surface area contributed by atoms with Crippen molar-refractivity contribution in [3.8, 4) is 44.5 Å². The Morgan fingerprint density at radius 1 is 0.309 bits per heavy atom. The van der Waals surface area contributed by atoms with E-state index < -0.39 is 0 Å². The molecular weight excluding hydrogens is 669 g/mol. The molecule has 0 amide bonds. The highest BCUT2D eigenvalue weighted by Crippen LogP contribution is 2.51. The molecule has 12 rings (SSSR count). The van der Waals surface area contributed by atoms with E-state index in [1.54, 1.807) is 0 Å². The Morgan fingerprint density at radius 2 is 0.673 bits per heavy atom. The maximum atomic E-state index is 6.19. The average Bonchev–Trinajstić information content (AvgIpc) is 3.87. The summed E-state index contributed by atoms with van der Waals surface area (Å²) >= 11 is 0. The van der Waals surface area contributed by atoms with Crippen LogP contribution >= 0.6 is 0 Å². The van der Waals surface area contributed by atoms with E-state index in [0.717, 1.165) is 55.0 Å². The fraction of sp³-hybridized carbons (Fsp3) is 0.0566. The van der Waals surface area contributed by atoms with Crippen molar-refractivity contribution in [1.82, 2.24) is 0 Å². The Hall–Kier alpha value is -6.90. The number of benzene rings is 9. The minimum absolute atomic E-state index is 0.143. The van der Waals surface area contributed by atoms with Gasteiger partial charge in [-0.15, -0.1) is 0 Å². The first-order valence-electron chi connectivity index (χ1n) is 19.1. The molecule has 11 aromatic rings. The second kappa shape index (κ2) is 11.1. The first-order valence-corrected chi connectivity index (χ1v) is 19.1. The molecule has 9 aromatic carbocycles. The molecule has 258 valence electrons. The summed E-state index contributed by atoms with van der Waals surface area (Å²) < 4.78 is 12.4. The smallest absolute Gasteiger partial charge is 0.136 e. The monoisotopic (exact) mass is 702 g/mol. The van der Waals surface area contributed by atoms with Crippen LogP contribution in [0.25, 0.3) is 110 Å². The van der Waals surface area contributed by atoms with Crippen molar-refractivity contribution in [3.63, 3.8) is 0 Å². The van der Waals surface area contributed by atoms with Gasteiger partial charge in [-0.1, -0.05) is 123 Å². The number of rotatable bonds is 4. The molecule has 2 aromatic heterocycles. The van der Waals surface area contributed by atoms with Crippen molar-refractivity contribution >= 4 is 65.4 Å². The molecule has 0 saturated carbocycles. The Kier molecular flexibility index (Phi) is 6.15. The molecule has 0 fully saturated rings. The Labute approximate surface area is 317 Å². The lowest BCUT2D eigenvalue weighted by molar-refractivity contribution is 0.663. The zero-order valence-electron chi connectivity index (χ0n) is 30.5. The van der Waals surface area contributed by atoms with Crippen molar-refractivity contribution < 1.29 is 8.83 Å². The van der Waals surface area contributed by atoms with Gasteiger partial charge in [-0.2, -0.15) is 0 Å². The average molecular weight is 703 g/mol. The van der Waals surface area contributed by atoms with Crippen molar-refractivity contribution in [1.29, 1.82) is 0 Å². The molecule has 2 heterocycles. The Morgan fingerprint density at radius 3 is 1.11 bits per heavy atom. The van der Waals surface area contributed by atoms with Crippen LogP contribution in [-0.4, -0.2) is 0 Å². The minimum atomic E-state index is -0.143. The molecule has 0 spiro atoms. The Bertz CT molecular complexity index is 3150. The molecule has 0 atom stereocenters. The van der Waals surface area contributed by atoms with Gasteiger partial charge < -0.3 is 8.83 Å². The summed E-state index contributed by atoms with van der Waals surface area (Å²) in [5.41, 5.74) is 16.0. The normalized spacial score (nSPS) is 13.4. The Balaban J connectivity index is 0.873. The minimum Gasteiger partial charge on any atom is -0.456 e. The summed E-state index contributed by atoms with van der Waals surface area (Å²) in [4.78, 5) is 0. The third-order valence-electron chi connectivity index (χ3n) is 12.2. The largest absolute Gasteiger partial charge is 0.456 e. The third kappa shape index (κ3) is 4.49. The maximum absolute atomic E-state index is 6.19. The van der Waals surface area contributed by atoms with Crippen molar-refractivity contribution in [2.45, 2.75) is 19.3 Å². The highest BCUT2D eigenvalue weighted by Gasteiger charge is 2.35. The van der Waals surface area contributed by atoms with Crippen LogP contribution in [-0.2, 0) is 5.41 Å². The molecule has 55 heavy (non-hydrogen) atoms. The van der Waals surface area contributed by atoms with Gasteiger partial charge in [0.2, 0.25) is 0 Å². The number of hydrogen-bond acceptors (Lipinski definition) is 2. The third-order valence-corrected chi connectivity index (χ3v) is 12.2. The molecule has 2 heteroatoms. The summed E-state index contributed by atoms with van der Waals surface area (Å²) in [5, 5.41) is 9.99. The lowest BCUT2D eigenvalue weighted by Crippen LogP contribution is -2.15. The molecular formula is C53H34O2. The molecule has 1 aliphatic carbocycles. The van der Waals surface area contributed by atoms with Crippen LogP contribution in [0.4, 0.5) is 0 Å². The van der Waals surface area contributed by atoms with Crippen LogP contribution in [0.15, 0.2) is 179 Å². The van der Waals surface area contributed by atoms with Gasteiger partial charge in [0.05, 0.1) is 0 Å². The highest BCUT2D eigenvalue weighted by molar-refractivity contribution is 6.17. The molecule has 0 saturated heterocycles. The summed E-state index contributed by atoms with van der Waals surface area (Å²) in [7, 11) is 0. The fourth-order valence-electron chi connectivity index (χ4n) is 9.31. The second-order valence-corrected chi connectivity index (χ2v) is 15.7. The van der Waals surface area contributed by atoms with E-state index in [-0.39, 0.29) is 5.41 Å². The molecule has 0 radical (unpaired) electrons. The van der Waals surface area contributed by atoms with E-state index in [1.165, 1.54) is 66.1 Å². The molecule has 1 aliphatic rings. The van der Waals surface area contributed by atoms with Gasteiger partial charge >= 0.3 is 0 Å². The summed E-state index contributed by atoms with van der Waals surface area (Å²) in [5.74, 6) is 0. The SMILES string of the molecule is CC1(C)c2cc(-c3ccc(-c4ccc5c(c4)oc4ccccc45)cc3)cc3ccc4cc(-c5ccc(-c6ccc7c(c6)oc6ccccc67)cc5)cc1c4c23. The topological polar surface area (TPSA) is 26.3 Å². The molecule has 0 aliphatic heterocycles. The van der Waals surface area contributed by atoms with Gasteiger partial charge in [0, 0.05) is 27.0 Å². The predicted octanol–water partition coefficient (Wildman–Crippen LogP) is 15.1. The zero-order valence-corrected chi connectivity index (χ0v) is 30.5. The number of hydrogen-bond donors (Lipinski definition) is 0. The van der Waals surface area contributed by atoms with Crippen LogP contribution in [0, 0.1) is 0 Å². The van der Waals surface area contributed by atoms with Crippen LogP contribution < -0.4 is 0 Å². The van der Waals surface area contributed by atoms with E-state index in [2.05, 4.69) is 159 Å².